The number of nitrogens with zero attached hydrogens (tertiary/aromatic N) is 4. The quantitative estimate of drug-likeness (QED) is 0.541. The van der Waals surface area contributed by atoms with Gasteiger partial charge in [-0.2, -0.15) is 5.26 Å². The van der Waals surface area contributed by atoms with E-state index >= 15 is 4.39 Å². The number of halogens is 1. The Morgan fingerprint density at radius 2 is 1.79 bits per heavy atom. The molecule has 5 rings (SSSR count). The predicted molar refractivity (Wildman–Crippen MR) is 159 cm³/mol. The highest BCUT2D eigenvalue weighted by molar-refractivity contribution is 5.95. The van der Waals surface area contributed by atoms with Gasteiger partial charge in [0.15, 0.2) is 0 Å². The lowest BCUT2D eigenvalue weighted by molar-refractivity contribution is -0.128. The Balaban J connectivity index is 1.25. The number of likely N-dealkylation sites (tertiary alicyclic amines) is 1. The number of nitriles is 1. The summed E-state index contributed by atoms with van der Waals surface area (Å²) < 4.78 is 20.9. The molecule has 0 spiro atoms. The van der Waals surface area contributed by atoms with Crippen LogP contribution < -0.4 is 5.32 Å². The van der Waals surface area contributed by atoms with Crippen LogP contribution in [-0.2, 0) is 16.0 Å². The van der Waals surface area contributed by atoms with Crippen LogP contribution in [0.3, 0.4) is 0 Å². The molecule has 9 nitrogen and oxygen atoms in total. The highest BCUT2D eigenvalue weighted by atomic mass is 19.1. The van der Waals surface area contributed by atoms with Crippen LogP contribution in [-0.4, -0.2) is 89.6 Å². The van der Waals surface area contributed by atoms with Gasteiger partial charge in [0.05, 0.1) is 6.07 Å². The number of fused-ring (bicyclic) bond motifs is 2. The monoisotopic (exact) mass is 589 g/mol. The Morgan fingerprint density at radius 1 is 1.07 bits per heavy atom. The van der Waals surface area contributed by atoms with Gasteiger partial charge in [-0.1, -0.05) is 24.3 Å². The number of nitrogens with one attached hydrogen (secondary N) is 1. The first-order valence-corrected chi connectivity index (χ1v) is 15.0. The second-order valence-corrected chi connectivity index (χ2v) is 12.9. The maximum Gasteiger partial charge on any atom is 0.411 e. The molecule has 3 amide bonds. The third-order valence-electron chi connectivity index (χ3n) is 8.64. The number of ether oxygens (including phenoxy) is 1. The lowest BCUT2D eigenvalue weighted by Crippen LogP contribution is -2.55. The Kier molecular flexibility index (Phi) is 8.74. The van der Waals surface area contributed by atoms with E-state index in [1.165, 1.54) is 11.0 Å². The van der Waals surface area contributed by atoms with Gasteiger partial charge < -0.3 is 19.9 Å². The molecule has 0 aromatic heterocycles. The third kappa shape index (κ3) is 6.83. The van der Waals surface area contributed by atoms with E-state index in [0.29, 0.717) is 29.8 Å². The molecule has 228 valence electrons. The van der Waals surface area contributed by atoms with Crippen LogP contribution in [0, 0.1) is 23.1 Å². The fraction of sp³-hybridized carbons (Fsp3) is 0.515. The zero-order valence-electron chi connectivity index (χ0n) is 25.3. The summed E-state index contributed by atoms with van der Waals surface area (Å²) in [6.07, 6.45) is 1.83. The summed E-state index contributed by atoms with van der Waals surface area (Å²) in [5.74, 6) is -0.950. The second kappa shape index (κ2) is 12.3. The normalized spacial score (nSPS) is 22.7. The van der Waals surface area contributed by atoms with E-state index < -0.39 is 35.5 Å². The molecule has 2 bridgehead atoms. The molecule has 2 aromatic rings. The van der Waals surface area contributed by atoms with Crippen molar-refractivity contribution in [1.82, 2.24) is 20.0 Å². The predicted octanol–water partition coefficient (Wildman–Crippen LogP) is 4.22. The Hall–Kier alpha value is -3.97. The van der Waals surface area contributed by atoms with Crippen molar-refractivity contribution in [3.05, 3.63) is 59.4 Å². The van der Waals surface area contributed by atoms with E-state index in [1.54, 1.807) is 51.1 Å². The number of hydrogen-bond acceptors (Lipinski definition) is 6. The maximum absolute atomic E-state index is 15.3. The summed E-state index contributed by atoms with van der Waals surface area (Å²) in [5.41, 5.74) is 1.48. The van der Waals surface area contributed by atoms with Gasteiger partial charge in [-0.05, 0) is 87.9 Å². The first-order valence-electron chi connectivity index (χ1n) is 15.0. The molecule has 2 aliphatic heterocycles. The largest absolute Gasteiger partial charge is 0.444 e. The van der Waals surface area contributed by atoms with Gasteiger partial charge in [0.2, 0.25) is 5.91 Å². The van der Waals surface area contributed by atoms with Crippen molar-refractivity contribution in [3.63, 3.8) is 0 Å². The summed E-state index contributed by atoms with van der Waals surface area (Å²) in [4.78, 5) is 44.9. The number of likely N-dealkylation sites (N-methyl/N-ethyl adjacent to an activating group) is 1. The molecule has 1 aliphatic carbocycles. The molecule has 10 heteroatoms. The van der Waals surface area contributed by atoms with Gasteiger partial charge in [0.1, 0.15) is 23.5 Å². The summed E-state index contributed by atoms with van der Waals surface area (Å²) in [6, 6.07) is 12.3. The average Bonchev–Trinajstić information content (AvgIpc) is 3.59. The van der Waals surface area contributed by atoms with Crippen LogP contribution in [0.2, 0.25) is 0 Å². The molecule has 2 aromatic carbocycles. The van der Waals surface area contributed by atoms with Crippen molar-refractivity contribution >= 4 is 17.9 Å². The highest BCUT2D eigenvalue weighted by Gasteiger charge is 2.52. The number of hydrogen-bond donors (Lipinski definition) is 1. The van der Waals surface area contributed by atoms with Crippen molar-refractivity contribution in [1.29, 1.82) is 5.26 Å². The topological polar surface area (TPSA) is 106 Å². The maximum atomic E-state index is 15.3. The lowest BCUT2D eigenvalue weighted by atomic mass is 9.96. The highest BCUT2D eigenvalue weighted by Crippen LogP contribution is 2.43. The molecule has 0 radical (unpaired) electrons. The number of piperazine rings is 1. The second-order valence-electron chi connectivity index (χ2n) is 12.9. The summed E-state index contributed by atoms with van der Waals surface area (Å²) in [6.45, 7) is 8.33. The van der Waals surface area contributed by atoms with Gasteiger partial charge in [0, 0.05) is 44.2 Å². The Morgan fingerprint density at radius 3 is 2.47 bits per heavy atom. The molecule has 0 unspecified atom stereocenters. The van der Waals surface area contributed by atoms with Crippen molar-refractivity contribution < 1.29 is 23.5 Å². The van der Waals surface area contributed by atoms with E-state index in [-0.39, 0.29) is 29.9 Å². The van der Waals surface area contributed by atoms with E-state index in [4.69, 9.17) is 4.74 Å². The first-order chi connectivity index (χ1) is 20.4. The zero-order chi connectivity index (χ0) is 30.9. The standard InChI is InChI=1S/C33H40FN5O4/c1-33(2,3)43-32(42)39-27-11-10-24(18-27)29(39)30(40)36-26(20-35)17-23-9-8-22(19-28(23)34)21-6-5-7-25(16-21)31(41)38-14-12-37(4)13-15-38/h5-9,16,19,24,26-27,29H,10-15,17-18H2,1-4H3,(H,36,40)/t24-,26-,27+,29-/m0/s1. The van der Waals surface area contributed by atoms with E-state index in [1.807, 2.05) is 18.0 Å². The molecule has 1 N–H and O–H groups in total. The fourth-order valence-corrected chi connectivity index (χ4v) is 6.43. The van der Waals surface area contributed by atoms with Crippen molar-refractivity contribution in [2.45, 2.75) is 70.2 Å². The number of benzene rings is 2. The van der Waals surface area contributed by atoms with Crippen LogP contribution in [0.15, 0.2) is 42.5 Å². The summed E-state index contributed by atoms with van der Waals surface area (Å²) in [7, 11) is 2.03. The van der Waals surface area contributed by atoms with Gasteiger partial charge in [-0.3, -0.25) is 14.5 Å². The minimum atomic E-state index is -0.975. The summed E-state index contributed by atoms with van der Waals surface area (Å²) >= 11 is 0. The van der Waals surface area contributed by atoms with Crippen LogP contribution in [0.25, 0.3) is 11.1 Å². The molecule has 4 atom stereocenters. The number of rotatable bonds is 6. The van der Waals surface area contributed by atoms with E-state index in [9.17, 15) is 19.6 Å². The first kappa shape index (κ1) is 30.5. The van der Waals surface area contributed by atoms with Gasteiger partial charge >= 0.3 is 6.09 Å². The summed E-state index contributed by atoms with van der Waals surface area (Å²) in [5, 5.41) is 12.6. The molecule has 2 saturated heterocycles. The molecule has 43 heavy (non-hydrogen) atoms. The van der Waals surface area contributed by atoms with Crippen molar-refractivity contribution in [2.75, 3.05) is 33.2 Å². The van der Waals surface area contributed by atoms with Crippen LogP contribution in [0.1, 0.15) is 56.0 Å². The fourth-order valence-electron chi connectivity index (χ4n) is 6.43. The molecular weight excluding hydrogens is 549 g/mol. The van der Waals surface area contributed by atoms with Crippen molar-refractivity contribution in [2.24, 2.45) is 5.92 Å². The minimum Gasteiger partial charge on any atom is -0.444 e. The number of carbonyl (C=O) groups is 3. The number of carbonyl (C=O) groups excluding carboxylic acids is 3. The molecule has 3 fully saturated rings. The lowest BCUT2D eigenvalue weighted by Gasteiger charge is -2.35. The molecule has 1 saturated carbocycles. The van der Waals surface area contributed by atoms with E-state index in [0.717, 1.165) is 32.4 Å². The minimum absolute atomic E-state index is 0.00628. The van der Waals surface area contributed by atoms with Gasteiger partial charge in [-0.25, -0.2) is 9.18 Å². The molecule has 2 heterocycles. The average molecular weight is 590 g/mol. The van der Waals surface area contributed by atoms with Crippen LogP contribution in [0.5, 0.6) is 0 Å². The number of amides is 3. The van der Waals surface area contributed by atoms with Gasteiger partial charge in [0.25, 0.3) is 5.91 Å². The molecule has 3 aliphatic rings. The smallest absolute Gasteiger partial charge is 0.411 e. The zero-order valence-corrected chi connectivity index (χ0v) is 25.3. The Labute approximate surface area is 252 Å². The van der Waals surface area contributed by atoms with Crippen LogP contribution in [0.4, 0.5) is 9.18 Å². The SMILES string of the molecule is CN1CCN(C(=O)c2cccc(-c3ccc(C[C@@H](C#N)NC(=O)[C@@H]4[C@H]5CC[C@H](C5)N4C(=O)OC(C)(C)C)c(F)c3)c2)CC1. The van der Waals surface area contributed by atoms with E-state index in [2.05, 4.69) is 16.3 Å². The van der Waals surface area contributed by atoms with Gasteiger partial charge in [-0.15, -0.1) is 0 Å². The third-order valence-corrected chi connectivity index (χ3v) is 8.64. The Bertz CT molecular complexity index is 1430. The van der Waals surface area contributed by atoms with Crippen LogP contribution >= 0.6 is 0 Å². The number of piperidine rings is 1. The van der Waals surface area contributed by atoms with Crippen molar-refractivity contribution in [3.8, 4) is 17.2 Å². The molecular formula is C33H40FN5O4.